The molecular weight excluding hydrogens is 247 g/mol. The predicted octanol–water partition coefficient (Wildman–Crippen LogP) is 4.07. The number of benzene rings is 2. The zero-order valence-electron chi connectivity index (χ0n) is 8.11. The van der Waals surface area contributed by atoms with Crippen molar-refractivity contribution < 1.29 is 10.2 Å². The molecule has 2 N–H and O–H groups in total. The Balaban J connectivity index is 2.58. The SMILES string of the molecule is Oc1ccc(-c2cc(Cl)cc(Cl)c2)c(O)c1. The zero-order chi connectivity index (χ0) is 11.7. The minimum Gasteiger partial charge on any atom is -0.508 e. The van der Waals surface area contributed by atoms with E-state index in [1.54, 1.807) is 24.3 Å². The first-order chi connectivity index (χ1) is 7.56. The van der Waals surface area contributed by atoms with Crippen molar-refractivity contribution in [2.45, 2.75) is 0 Å². The van der Waals surface area contributed by atoms with E-state index in [-0.39, 0.29) is 11.5 Å². The van der Waals surface area contributed by atoms with Crippen molar-refractivity contribution >= 4 is 23.2 Å². The largest absolute Gasteiger partial charge is 0.508 e. The Labute approximate surface area is 103 Å². The number of phenolic OH excluding ortho intramolecular Hbond substituents is 2. The lowest BCUT2D eigenvalue weighted by Gasteiger charge is -2.06. The van der Waals surface area contributed by atoms with Crippen molar-refractivity contribution in [3.05, 3.63) is 46.4 Å². The van der Waals surface area contributed by atoms with Gasteiger partial charge in [-0.15, -0.1) is 0 Å². The number of hydrogen-bond donors (Lipinski definition) is 2. The minimum atomic E-state index is -0.0154. The molecule has 0 saturated carbocycles. The van der Waals surface area contributed by atoms with E-state index in [4.69, 9.17) is 23.2 Å². The summed E-state index contributed by atoms with van der Waals surface area (Å²) in [4.78, 5) is 0. The summed E-state index contributed by atoms with van der Waals surface area (Å²) in [5.74, 6) is -0.00675. The molecule has 0 atom stereocenters. The van der Waals surface area contributed by atoms with E-state index in [0.717, 1.165) is 0 Å². The molecule has 0 saturated heterocycles. The summed E-state index contributed by atoms with van der Waals surface area (Å²) in [7, 11) is 0. The minimum absolute atomic E-state index is 0.00868. The Hall–Kier alpha value is -1.38. The zero-order valence-corrected chi connectivity index (χ0v) is 9.63. The number of phenols is 2. The van der Waals surface area contributed by atoms with Crippen LogP contribution in [0.3, 0.4) is 0 Å². The summed E-state index contributed by atoms with van der Waals surface area (Å²) < 4.78 is 0. The molecule has 2 rings (SSSR count). The Morgan fingerprint density at radius 1 is 0.812 bits per heavy atom. The van der Waals surface area contributed by atoms with Crippen molar-refractivity contribution in [3.63, 3.8) is 0 Å². The summed E-state index contributed by atoms with van der Waals surface area (Å²) in [6, 6.07) is 9.36. The van der Waals surface area contributed by atoms with Crippen LogP contribution in [-0.2, 0) is 0 Å². The van der Waals surface area contributed by atoms with E-state index >= 15 is 0 Å². The van der Waals surface area contributed by atoms with Crippen LogP contribution >= 0.6 is 23.2 Å². The normalized spacial score (nSPS) is 10.4. The fraction of sp³-hybridized carbons (Fsp3) is 0. The van der Waals surface area contributed by atoms with Crippen LogP contribution in [0.4, 0.5) is 0 Å². The maximum absolute atomic E-state index is 9.68. The highest BCUT2D eigenvalue weighted by molar-refractivity contribution is 6.35. The van der Waals surface area contributed by atoms with Crippen LogP contribution in [-0.4, -0.2) is 10.2 Å². The van der Waals surface area contributed by atoms with Gasteiger partial charge >= 0.3 is 0 Å². The van der Waals surface area contributed by atoms with Crippen LogP contribution in [0.1, 0.15) is 0 Å². The predicted molar refractivity (Wildman–Crippen MR) is 65.2 cm³/mol. The third kappa shape index (κ3) is 2.23. The first kappa shape index (κ1) is 11.1. The Morgan fingerprint density at radius 3 is 2.00 bits per heavy atom. The standard InChI is InChI=1S/C12H8Cl2O2/c13-8-3-7(4-9(14)5-8)11-2-1-10(15)6-12(11)16/h1-6,15-16H. The maximum atomic E-state index is 9.68. The molecule has 0 heterocycles. The number of hydrogen-bond acceptors (Lipinski definition) is 2. The first-order valence-corrected chi connectivity index (χ1v) is 5.30. The van der Waals surface area contributed by atoms with E-state index in [1.807, 2.05) is 0 Å². The van der Waals surface area contributed by atoms with Gasteiger partial charge in [0.25, 0.3) is 0 Å². The molecule has 0 amide bonds. The van der Waals surface area contributed by atoms with Gasteiger partial charge in [0.05, 0.1) is 0 Å². The monoisotopic (exact) mass is 254 g/mol. The molecule has 0 aromatic heterocycles. The summed E-state index contributed by atoms with van der Waals surface area (Å²) in [5, 5.41) is 19.9. The quantitative estimate of drug-likeness (QED) is 0.806. The average molecular weight is 255 g/mol. The fourth-order valence-electron chi connectivity index (χ4n) is 1.47. The van der Waals surface area contributed by atoms with Crippen LogP contribution in [0, 0.1) is 0 Å². The van der Waals surface area contributed by atoms with E-state index in [1.165, 1.54) is 12.1 Å². The van der Waals surface area contributed by atoms with Crippen molar-refractivity contribution in [2.24, 2.45) is 0 Å². The van der Waals surface area contributed by atoms with Crippen LogP contribution in [0.5, 0.6) is 11.5 Å². The van der Waals surface area contributed by atoms with E-state index in [0.29, 0.717) is 21.2 Å². The van der Waals surface area contributed by atoms with Gasteiger partial charge in [-0.3, -0.25) is 0 Å². The van der Waals surface area contributed by atoms with Crippen molar-refractivity contribution in [1.29, 1.82) is 0 Å². The van der Waals surface area contributed by atoms with Crippen LogP contribution in [0.15, 0.2) is 36.4 Å². The molecule has 0 fully saturated rings. The van der Waals surface area contributed by atoms with Gasteiger partial charge in [0.2, 0.25) is 0 Å². The number of aromatic hydroxyl groups is 2. The summed E-state index contributed by atoms with van der Waals surface area (Å²) in [6.07, 6.45) is 0. The Morgan fingerprint density at radius 2 is 1.44 bits per heavy atom. The third-order valence-electron chi connectivity index (χ3n) is 2.15. The fourth-order valence-corrected chi connectivity index (χ4v) is 2.00. The molecule has 0 bridgehead atoms. The molecule has 4 heteroatoms. The second-order valence-electron chi connectivity index (χ2n) is 3.36. The Kier molecular flexibility index (Phi) is 2.95. The highest BCUT2D eigenvalue weighted by Gasteiger charge is 2.07. The summed E-state index contributed by atoms with van der Waals surface area (Å²) >= 11 is 11.7. The lowest BCUT2D eigenvalue weighted by atomic mass is 10.0. The van der Waals surface area contributed by atoms with Crippen LogP contribution in [0.2, 0.25) is 10.0 Å². The summed E-state index contributed by atoms with van der Waals surface area (Å²) in [6.45, 7) is 0. The van der Waals surface area contributed by atoms with E-state index in [2.05, 4.69) is 0 Å². The van der Waals surface area contributed by atoms with Gasteiger partial charge in [0.1, 0.15) is 11.5 Å². The topological polar surface area (TPSA) is 40.5 Å². The van der Waals surface area contributed by atoms with E-state index in [9.17, 15) is 10.2 Å². The lowest BCUT2D eigenvalue weighted by Crippen LogP contribution is -1.80. The van der Waals surface area contributed by atoms with Crippen molar-refractivity contribution in [3.8, 4) is 22.6 Å². The Bertz CT molecular complexity index is 518. The van der Waals surface area contributed by atoms with Gasteiger partial charge in [-0.05, 0) is 35.9 Å². The molecule has 16 heavy (non-hydrogen) atoms. The molecule has 2 nitrogen and oxygen atoms in total. The third-order valence-corrected chi connectivity index (χ3v) is 2.59. The number of halogens is 2. The van der Waals surface area contributed by atoms with Gasteiger partial charge in [-0.25, -0.2) is 0 Å². The molecule has 0 radical (unpaired) electrons. The smallest absolute Gasteiger partial charge is 0.127 e. The maximum Gasteiger partial charge on any atom is 0.127 e. The molecule has 0 aliphatic rings. The lowest BCUT2D eigenvalue weighted by molar-refractivity contribution is 0.452. The van der Waals surface area contributed by atoms with Crippen LogP contribution in [0.25, 0.3) is 11.1 Å². The van der Waals surface area contributed by atoms with Crippen molar-refractivity contribution in [2.75, 3.05) is 0 Å². The molecule has 0 aliphatic carbocycles. The van der Waals surface area contributed by atoms with Gasteiger partial charge in [-0.2, -0.15) is 0 Å². The second kappa shape index (κ2) is 4.24. The van der Waals surface area contributed by atoms with Gasteiger partial charge in [0.15, 0.2) is 0 Å². The van der Waals surface area contributed by atoms with Gasteiger partial charge in [0, 0.05) is 21.7 Å². The van der Waals surface area contributed by atoms with Gasteiger partial charge < -0.3 is 10.2 Å². The molecule has 2 aromatic rings. The molecule has 82 valence electrons. The first-order valence-electron chi connectivity index (χ1n) is 4.55. The van der Waals surface area contributed by atoms with Gasteiger partial charge in [-0.1, -0.05) is 23.2 Å². The second-order valence-corrected chi connectivity index (χ2v) is 4.23. The highest BCUT2D eigenvalue weighted by atomic mass is 35.5. The molecular formula is C12H8Cl2O2. The summed E-state index contributed by atoms with van der Waals surface area (Å²) in [5.41, 5.74) is 1.28. The molecule has 2 aromatic carbocycles. The molecule has 0 spiro atoms. The highest BCUT2D eigenvalue weighted by Crippen LogP contribution is 2.34. The van der Waals surface area contributed by atoms with E-state index < -0.39 is 0 Å². The van der Waals surface area contributed by atoms with Crippen LogP contribution < -0.4 is 0 Å². The molecule has 0 aliphatic heterocycles. The molecule has 0 unspecified atom stereocenters. The average Bonchev–Trinajstić information content (AvgIpc) is 2.15. The van der Waals surface area contributed by atoms with Crippen molar-refractivity contribution in [1.82, 2.24) is 0 Å². The number of rotatable bonds is 1.